The van der Waals surface area contributed by atoms with Crippen LogP contribution in [0.15, 0.2) is 18.2 Å². The molecule has 0 spiro atoms. The number of amides is 1. The molecule has 1 aliphatic heterocycles. The molecule has 0 radical (unpaired) electrons. The molecule has 1 amide bonds. The fourth-order valence-corrected chi connectivity index (χ4v) is 2.56. The third kappa shape index (κ3) is 3.79. The van der Waals surface area contributed by atoms with Crippen LogP contribution >= 0.6 is 11.6 Å². The van der Waals surface area contributed by atoms with E-state index in [-0.39, 0.29) is 6.09 Å². The Bertz CT molecular complexity index is 471. The molecule has 0 bridgehead atoms. The minimum Gasteiger partial charge on any atom is -0.450 e. The van der Waals surface area contributed by atoms with Crippen molar-refractivity contribution < 1.29 is 9.53 Å². The molecular weight excluding hydrogens is 276 g/mol. The number of carbonyl (C=O) groups excluding carboxylic acids is 1. The summed E-state index contributed by atoms with van der Waals surface area (Å²) in [6, 6.07) is 6.23. The van der Waals surface area contributed by atoms with E-state index in [9.17, 15) is 4.79 Å². The Morgan fingerprint density at radius 3 is 2.80 bits per heavy atom. The number of nitrogens with zero attached hydrogens (tertiary/aromatic N) is 1. The molecule has 2 rings (SSSR count). The maximum absolute atomic E-state index is 11.6. The third-order valence-electron chi connectivity index (χ3n) is 3.58. The number of aryl methyl sites for hydroxylation is 1. The second-order valence-corrected chi connectivity index (χ2v) is 5.50. The lowest BCUT2D eigenvalue weighted by molar-refractivity contribution is 0.0983. The van der Waals surface area contributed by atoms with Crippen LogP contribution in [0.4, 0.5) is 10.5 Å². The highest BCUT2D eigenvalue weighted by atomic mass is 35.5. The average Bonchev–Trinajstić information content (AvgIpc) is 2.44. The molecule has 110 valence electrons. The lowest BCUT2D eigenvalue weighted by Crippen LogP contribution is -2.42. The summed E-state index contributed by atoms with van der Waals surface area (Å²) in [6.07, 6.45) is 1.64. The Hall–Kier alpha value is -1.42. The number of piperidine rings is 1. The molecule has 20 heavy (non-hydrogen) atoms. The second-order valence-electron chi connectivity index (χ2n) is 5.06. The van der Waals surface area contributed by atoms with Crippen molar-refractivity contribution in [2.75, 3.05) is 25.0 Å². The van der Waals surface area contributed by atoms with E-state index < -0.39 is 0 Å². The first kappa shape index (κ1) is 15.0. The van der Waals surface area contributed by atoms with E-state index in [1.165, 1.54) is 5.56 Å². The van der Waals surface area contributed by atoms with Gasteiger partial charge in [-0.25, -0.2) is 4.79 Å². The molecular formula is C15H21ClN2O2. The Morgan fingerprint density at radius 2 is 2.15 bits per heavy atom. The zero-order valence-electron chi connectivity index (χ0n) is 12.0. The summed E-state index contributed by atoms with van der Waals surface area (Å²) in [5.74, 6) is 0. The molecule has 0 saturated carbocycles. The van der Waals surface area contributed by atoms with Crippen molar-refractivity contribution in [3.05, 3.63) is 28.8 Å². The smallest absolute Gasteiger partial charge is 0.409 e. The van der Waals surface area contributed by atoms with Crippen molar-refractivity contribution in [2.45, 2.75) is 32.7 Å². The van der Waals surface area contributed by atoms with Gasteiger partial charge in [0, 0.05) is 29.8 Å². The van der Waals surface area contributed by atoms with Crippen LogP contribution in [0.5, 0.6) is 0 Å². The fraction of sp³-hybridized carbons (Fsp3) is 0.533. The van der Waals surface area contributed by atoms with E-state index in [0.717, 1.165) is 36.6 Å². The van der Waals surface area contributed by atoms with Gasteiger partial charge in [0.25, 0.3) is 0 Å². The minimum absolute atomic E-state index is 0.204. The van der Waals surface area contributed by atoms with Gasteiger partial charge in [0.15, 0.2) is 0 Å². The van der Waals surface area contributed by atoms with Gasteiger partial charge in [-0.2, -0.15) is 0 Å². The Morgan fingerprint density at radius 1 is 1.45 bits per heavy atom. The maximum atomic E-state index is 11.6. The highest BCUT2D eigenvalue weighted by Gasteiger charge is 2.23. The van der Waals surface area contributed by atoms with Crippen molar-refractivity contribution in [1.82, 2.24) is 4.90 Å². The van der Waals surface area contributed by atoms with Gasteiger partial charge in [0.05, 0.1) is 6.61 Å². The molecule has 1 heterocycles. The van der Waals surface area contributed by atoms with E-state index >= 15 is 0 Å². The predicted octanol–water partition coefficient (Wildman–Crippen LogP) is 3.68. The van der Waals surface area contributed by atoms with Crippen molar-refractivity contribution in [2.24, 2.45) is 0 Å². The van der Waals surface area contributed by atoms with Gasteiger partial charge in [-0.15, -0.1) is 0 Å². The number of nitrogens with one attached hydrogen (secondary N) is 1. The van der Waals surface area contributed by atoms with Crippen LogP contribution in [0.25, 0.3) is 0 Å². The lowest BCUT2D eigenvalue weighted by atomic mass is 10.0. The Balaban J connectivity index is 1.88. The summed E-state index contributed by atoms with van der Waals surface area (Å²) in [7, 11) is 0. The van der Waals surface area contributed by atoms with Crippen LogP contribution in [0.1, 0.15) is 25.3 Å². The molecule has 1 aliphatic rings. The quantitative estimate of drug-likeness (QED) is 0.925. The summed E-state index contributed by atoms with van der Waals surface area (Å²) in [6.45, 7) is 5.78. The molecule has 0 atom stereocenters. The zero-order chi connectivity index (χ0) is 14.5. The molecule has 4 nitrogen and oxygen atoms in total. The highest BCUT2D eigenvalue weighted by molar-refractivity contribution is 6.30. The number of likely N-dealkylation sites (tertiary alicyclic amines) is 1. The molecule has 0 aromatic heterocycles. The van der Waals surface area contributed by atoms with E-state index in [2.05, 4.69) is 12.2 Å². The van der Waals surface area contributed by atoms with Crippen LogP contribution in [0.2, 0.25) is 5.02 Å². The maximum Gasteiger partial charge on any atom is 0.409 e. The molecule has 1 aromatic rings. The SMILES string of the molecule is CCOC(=O)N1CCC(Nc2cc(Cl)ccc2C)CC1. The summed E-state index contributed by atoms with van der Waals surface area (Å²) < 4.78 is 5.02. The van der Waals surface area contributed by atoms with Crippen molar-refractivity contribution in [3.63, 3.8) is 0 Å². The van der Waals surface area contributed by atoms with Crippen molar-refractivity contribution >= 4 is 23.4 Å². The molecule has 1 aromatic carbocycles. The van der Waals surface area contributed by atoms with Gasteiger partial charge in [-0.3, -0.25) is 0 Å². The molecule has 0 unspecified atom stereocenters. The Labute approximate surface area is 125 Å². The summed E-state index contributed by atoms with van der Waals surface area (Å²) in [4.78, 5) is 13.4. The number of hydrogen-bond donors (Lipinski definition) is 1. The van der Waals surface area contributed by atoms with E-state index in [1.807, 2.05) is 25.1 Å². The molecule has 5 heteroatoms. The van der Waals surface area contributed by atoms with E-state index in [4.69, 9.17) is 16.3 Å². The molecule has 1 saturated heterocycles. The van der Waals surface area contributed by atoms with Crippen LogP contribution in [-0.2, 0) is 4.74 Å². The third-order valence-corrected chi connectivity index (χ3v) is 3.82. The zero-order valence-corrected chi connectivity index (χ0v) is 12.7. The van der Waals surface area contributed by atoms with E-state index in [0.29, 0.717) is 12.6 Å². The monoisotopic (exact) mass is 296 g/mol. The van der Waals surface area contributed by atoms with Gasteiger partial charge in [0.1, 0.15) is 0 Å². The molecule has 0 aliphatic carbocycles. The summed E-state index contributed by atoms with van der Waals surface area (Å²) in [5, 5.41) is 4.26. The highest BCUT2D eigenvalue weighted by Crippen LogP contribution is 2.23. The normalized spacial score (nSPS) is 16.1. The van der Waals surface area contributed by atoms with Gasteiger partial charge < -0.3 is 15.0 Å². The van der Waals surface area contributed by atoms with Gasteiger partial charge >= 0.3 is 6.09 Å². The number of hydrogen-bond acceptors (Lipinski definition) is 3. The van der Waals surface area contributed by atoms with Crippen molar-refractivity contribution in [3.8, 4) is 0 Å². The van der Waals surface area contributed by atoms with Gasteiger partial charge in [0.2, 0.25) is 0 Å². The van der Waals surface area contributed by atoms with Crippen LogP contribution in [-0.4, -0.2) is 36.7 Å². The van der Waals surface area contributed by atoms with Crippen LogP contribution in [0.3, 0.4) is 0 Å². The fourth-order valence-electron chi connectivity index (χ4n) is 2.39. The predicted molar refractivity (Wildman–Crippen MR) is 81.4 cm³/mol. The van der Waals surface area contributed by atoms with Crippen LogP contribution < -0.4 is 5.32 Å². The number of carbonyl (C=O) groups is 1. The first-order chi connectivity index (χ1) is 9.60. The standard InChI is InChI=1S/C15H21ClN2O2/c1-3-20-15(19)18-8-6-13(7-9-18)17-14-10-12(16)5-4-11(14)2/h4-5,10,13,17H,3,6-9H2,1-2H3. The lowest BCUT2D eigenvalue weighted by Gasteiger charge is -2.32. The second kappa shape index (κ2) is 6.84. The summed E-state index contributed by atoms with van der Waals surface area (Å²) in [5.41, 5.74) is 2.26. The van der Waals surface area contributed by atoms with Crippen molar-refractivity contribution in [1.29, 1.82) is 0 Å². The largest absolute Gasteiger partial charge is 0.450 e. The minimum atomic E-state index is -0.204. The number of halogens is 1. The van der Waals surface area contributed by atoms with E-state index in [1.54, 1.807) is 4.90 Å². The topological polar surface area (TPSA) is 41.6 Å². The summed E-state index contributed by atoms with van der Waals surface area (Å²) >= 11 is 6.02. The average molecular weight is 297 g/mol. The number of benzene rings is 1. The Kier molecular flexibility index (Phi) is 5.12. The van der Waals surface area contributed by atoms with Gasteiger partial charge in [-0.05, 0) is 44.4 Å². The molecule has 1 fully saturated rings. The molecule has 1 N–H and O–H groups in total. The number of anilines is 1. The first-order valence-corrected chi connectivity index (χ1v) is 7.42. The number of ether oxygens (including phenoxy) is 1. The van der Waals surface area contributed by atoms with Gasteiger partial charge in [-0.1, -0.05) is 17.7 Å². The first-order valence-electron chi connectivity index (χ1n) is 7.04. The number of rotatable bonds is 3. The van der Waals surface area contributed by atoms with Crippen LogP contribution in [0, 0.1) is 6.92 Å².